The second-order valence-corrected chi connectivity index (χ2v) is 10.5. The van der Waals surface area contributed by atoms with Gasteiger partial charge in [-0.25, -0.2) is 4.79 Å². The van der Waals surface area contributed by atoms with E-state index in [1.54, 1.807) is 30.3 Å². The molecule has 0 radical (unpaired) electrons. The molecule has 1 aliphatic carbocycles. The van der Waals surface area contributed by atoms with Gasteiger partial charge in [0.1, 0.15) is 18.4 Å². The van der Waals surface area contributed by atoms with Crippen LogP contribution < -0.4 is 15.4 Å². The third kappa shape index (κ3) is 6.58. The molecular formula is C34H29ClN2O7. The minimum atomic E-state index is -1.36. The van der Waals surface area contributed by atoms with Gasteiger partial charge in [-0.3, -0.25) is 14.4 Å². The molecule has 0 spiro atoms. The molecule has 10 heteroatoms. The lowest BCUT2D eigenvalue weighted by Gasteiger charge is -2.20. The first-order valence-electron chi connectivity index (χ1n) is 13.8. The number of carbonyl (C=O) groups excluding carboxylic acids is 4. The highest BCUT2D eigenvalue weighted by Gasteiger charge is 2.31. The Labute approximate surface area is 259 Å². The fourth-order valence-electron chi connectivity index (χ4n) is 5.17. The van der Waals surface area contributed by atoms with Crippen molar-refractivity contribution in [3.63, 3.8) is 0 Å². The summed E-state index contributed by atoms with van der Waals surface area (Å²) in [6.07, 6.45) is -1.36. The van der Waals surface area contributed by atoms with Gasteiger partial charge in [0.2, 0.25) is 5.91 Å². The zero-order chi connectivity index (χ0) is 31.2. The quantitative estimate of drug-likeness (QED) is 0.167. The van der Waals surface area contributed by atoms with Crippen LogP contribution in [-0.2, 0) is 19.1 Å². The van der Waals surface area contributed by atoms with Crippen LogP contribution in [0.15, 0.2) is 91.0 Å². The molecule has 0 aromatic heterocycles. The maximum atomic E-state index is 13.4. The van der Waals surface area contributed by atoms with Crippen molar-refractivity contribution in [2.45, 2.75) is 18.4 Å². The summed E-state index contributed by atoms with van der Waals surface area (Å²) in [4.78, 5) is 52.0. The molecule has 4 aromatic rings. The van der Waals surface area contributed by atoms with E-state index < -0.39 is 36.2 Å². The number of hydrogen-bond acceptors (Lipinski definition) is 7. The van der Waals surface area contributed by atoms with Gasteiger partial charge in [0.25, 0.3) is 0 Å². The van der Waals surface area contributed by atoms with E-state index in [9.17, 15) is 19.2 Å². The molecule has 1 atom stereocenters. The first-order valence-corrected chi connectivity index (χ1v) is 14.1. The lowest BCUT2D eigenvalue weighted by atomic mass is 9.98. The van der Waals surface area contributed by atoms with E-state index in [-0.39, 0.29) is 23.8 Å². The molecule has 44 heavy (non-hydrogen) atoms. The predicted octanol–water partition coefficient (Wildman–Crippen LogP) is 5.99. The van der Waals surface area contributed by atoms with E-state index >= 15 is 0 Å². The average molecular weight is 613 g/mol. The summed E-state index contributed by atoms with van der Waals surface area (Å²) in [5.41, 5.74) is 4.83. The Balaban J connectivity index is 1.32. The number of alkyl carbamates (subject to hydrolysis) is 1. The van der Waals surface area contributed by atoms with Gasteiger partial charge in [-0.1, -0.05) is 60.1 Å². The van der Waals surface area contributed by atoms with Crippen molar-refractivity contribution in [2.24, 2.45) is 0 Å². The van der Waals surface area contributed by atoms with E-state index in [1.165, 1.54) is 26.4 Å². The Morgan fingerprint density at radius 3 is 2.09 bits per heavy atom. The number of rotatable bonds is 10. The molecule has 1 aliphatic rings. The minimum Gasteiger partial charge on any atom is -0.497 e. The van der Waals surface area contributed by atoms with Gasteiger partial charge in [0, 0.05) is 22.1 Å². The van der Waals surface area contributed by atoms with E-state index in [2.05, 4.69) is 10.6 Å². The van der Waals surface area contributed by atoms with Crippen LogP contribution in [0.5, 0.6) is 5.75 Å². The third-order valence-electron chi connectivity index (χ3n) is 7.39. The molecule has 5 rings (SSSR count). The van der Waals surface area contributed by atoms with Crippen molar-refractivity contribution in [2.75, 3.05) is 26.1 Å². The van der Waals surface area contributed by atoms with Crippen molar-refractivity contribution in [3.05, 3.63) is 118 Å². The molecule has 0 bridgehead atoms. The van der Waals surface area contributed by atoms with Crippen LogP contribution in [0.2, 0.25) is 5.02 Å². The number of anilines is 1. The molecule has 4 aromatic carbocycles. The summed E-state index contributed by atoms with van der Waals surface area (Å²) in [7, 11) is 2.63. The van der Waals surface area contributed by atoms with E-state index in [0.717, 1.165) is 22.3 Å². The van der Waals surface area contributed by atoms with Gasteiger partial charge >= 0.3 is 12.1 Å². The maximum absolute atomic E-state index is 13.4. The summed E-state index contributed by atoms with van der Waals surface area (Å²) in [6, 6.07) is 25.3. The van der Waals surface area contributed by atoms with Gasteiger partial charge in [-0.15, -0.1) is 0 Å². The summed E-state index contributed by atoms with van der Waals surface area (Å²) in [5.74, 6) is -1.68. The largest absolute Gasteiger partial charge is 0.497 e. The number of esters is 1. The van der Waals surface area contributed by atoms with Crippen LogP contribution in [0, 0.1) is 0 Å². The van der Waals surface area contributed by atoms with Crippen molar-refractivity contribution < 1.29 is 33.4 Å². The monoisotopic (exact) mass is 612 g/mol. The Morgan fingerprint density at radius 1 is 0.841 bits per heavy atom. The zero-order valence-electron chi connectivity index (χ0n) is 24.0. The van der Waals surface area contributed by atoms with Crippen molar-refractivity contribution in [3.8, 4) is 16.9 Å². The molecule has 0 saturated carbocycles. The van der Waals surface area contributed by atoms with Gasteiger partial charge < -0.3 is 24.8 Å². The SMILES string of the molecule is COC(=O)CC(NC(=O)OCC1c2ccccc2-c2ccccc21)C(=O)Nc1ccc(OC)cc1C(=O)c1ccc(Cl)cc1. The van der Waals surface area contributed by atoms with Crippen LogP contribution in [0.25, 0.3) is 11.1 Å². The fraction of sp³-hybridized carbons (Fsp3) is 0.176. The summed E-state index contributed by atoms with van der Waals surface area (Å²) in [6.45, 7) is 0.0185. The van der Waals surface area contributed by atoms with Gasteiger partial charge in [-0.2, -0.15) is 0 Å². The fourth-order valence-corrected chi connectivity index (χ4v) is 5.29. The van der Waals surface area contributed by atoms with Crippen LogP contribution in [0.3, 0.4) is 0 Å². The highest BCUT2D eigenvalue weighted by atomic mass is 35.5. The zero-order valence-corrected chi connectivity index (χ0v) is 24.7. The Bertz CT molecular complexity index is 1680. The number of carbonyl (C=O) groups is 4. The van der Waals surface area contributed by atoms with E-state index in [0.29, 0.717) is 16.3 Å². The smallest absolute Gasteiger partial charge is 0.407 e. The lowest BCUT2D eigenvalue weighted by molar-refractivity contribution is -0.142. The molecule has 0 heterocycles. The van der Waals surface area contributed by atoms with Gasteiger partial charge in [-0.05, 0) is 64.7 Å². The first kappa shape index (κ1) is 30.3. The molecule has 2 amide bonds. The van der Waals surface area contributed by atoms with Crippen LogP contribution in [0.4, 0.5) is 10.5 Å². The standard InChI is InChI=1S/C34H29ClN2O7/c1-42-22-15-16-29(27(17-22)32(39)20-11-13-21(35)14-12-20)36-33(40)30(18-31(38)43-2)37-34(41)44-19-28-25-9-5-3-7-23(25)24-8-4-6-10-26(24)28/h3-17,28,30H,18-19H2,1-2H3,(H,36,40)(H,37,41). The lowest BCUT2D eigenvalue weighted by Crippen LogP contribution is -2.45. The second-order valence-electron chi connectivity index (χ2n) is 10.0. The molecule has 9 nitrogen and oxygen atoms in total. The number of hydrogen-bond donors (Lipinski definition) is 2. The van der Waals surface area contributed by atoms with Crippen molar-refractivity contribution in [1.82, 2.24) is 5.32 Å². The number of amides is 2. The molecule has 0 aliphatic heterocycles. The van der Waals surface area contributed by atoms with Crippen molar-refractivity contribution in [1.29, 1.82) is 0 Å². The van der Waals surface area contributed by atoms with Gasteiger partial charge in [0.05, 0.1) is 26.3 Å². The number of methoxy groups -OCH3 is 2. The van der Waals surface area contributed by atoms with Crippen molar-refractivity contribution >= 4 is 41.0 Å². The van der Waals surface area contributed by atoms with E-state index in [1.807, 2.05) is 48.5 Å². The Kier molecular flexibility index (Phi) is 9.26. The molecule has 224 valence electrons. The number of ketones is 1. The normalized spacial score (nSPS) is 12.3. The van der Waals surface area contributed by atoms with Crippen LogP contribution in [-0.4, -0.2) is 50.6 Å². The number of ether oxygens (including phenoxy) is 3. The Hall–Kier alpha value is -5.15. The molecule has 0 saturated heterocycles. The highest BCUT2D eigenvalue weighted by molar-refractivity contribution is 6.30. The van der Waals surface area contributed by atoms with E-state index in [4.69, 9.17) is 25.8 Å². The molecular weight excluding hydrogens is 584 g/mol. The number of halogens is 1. The van der Waals surface area contributed by atoms with Gasteiger partial charge in [0.15, 0.2) is 5.78 Å². The minimum absolute atomic E-state index is 0.0185. The molecule has 2 N–H and O–H groups in total. The topological polar surface area (TPSA) is 120 Å². The predicted molar refractivity (Wildman–Crippen MR) is 165 cm³/mol. The highest BCUT2D eigenvalue weighted by Crippen LogP contribution is 2.44. The number of nitrogens with one attached hydrogen (secondary N) is 2. The third-order valence-corrected chi connectivity index (χ3v) is 7.64. The second kappa shape index (κ2) is 13.4. The first-order chi connectivity index (χ1) is 21.3. The summed E-state index contributed by atoms with van der Waals surface area (Å²) >= 11 is 5.97. The number of benzene rings is 4. The molecule has 1 unspecified atom stereocenters. The Morgan fingerprint density at radius 2 is 1.48 bits per heavy atom. The van der Waals surface area contributed by atoms with Crippen LogP contribution >= 0.6 is 11.6 Å². The summed E-state index contributed by atoms with van der Waals surface area (Å²) in [5, 5.41) is 5.61. The number of fused-ring (bicyclic) bond motifs is 3. The van der Waals surface area contributed by atoms with Crippen LogP contribution in [0.1, 0.15) is 39.4 Å². The average Bonchev–Trinajstić information content (AvgIpc) is 3.37. The molecule has 0 fully saturated rings. The maximum Gasteiger partial charge on any atom is 0.407 e. The summed E-state index contributed by atoms with van der Waals surface area (Å²) < 4.78 is 15.6.